The number of hydrogen-bond donors (Lipinski definition) is 1. The number of nitrogens with zero attached hydrogens (tertiary/aromatic N) is 1. The number of rotatable bonds is 2. The summed E-state index contributed by atoms with van der Waals surface area (Å²) in [6.07, 6.45) is 1.35. The van der Waals surface area contributed by atoms with Crippen LogP contribution >= 0.6 is 0 Å². The minimum absolute atomic E-state index is 0.792. The Labute approximate surface area is 121 Å². The standard InChI is InChI=1S/C18H24N2/c1-13-7-14(2)11-20(10-13)12-17-8-15-5-3-4-6-16(15)9-18(17)19/h3-6,8-9,13-14H,7,10-12,19H2,1-2H3. The molecule has 2 unspecified atom stereocenters. The van der Waals surface area contributed by atoms with Crippen LogP contribution in [0.1, 0.15) is 25.8 Å². The lowest BCUT2D eigenvalue weighted by atomic mass is 9.91. The van der Waals surface area contributed by atoms with Crippen molar-refractivity contribution < 1.29 is 0 Å². The Morgan fingerprint density at radius 3 is 2.30 bits per heavy atom. The second kappa shape index (κ2) is 5.45. The average molecular weight is 268 g/mol. The maximum Gasteiger partial charge on any atom is 0.0366 e. The van der Waals surface area contributed by atoms with E-state index in [1.54, 1.807) is 0 Å². The molecule has 0 spiro atoms. The van der Waals surface area contributed by atoms with Crippen molar-refractivity contribution in [3.8, 4) is 0 Å². The zero-order valence-corrected chi connectivity index (χ0v) is 12.5. The van der Waals surface area contributed by atoms with Gasteiger partial charge in [0.25, 0.3) is 0 Å². The zero-order chi connectivity index (χ0) is 14.1. The highest BCUT2D eigenvalue weighted by Crippen LogP contribution is 2.26. The van der Waals surface area contributed by atoms with Gasteiger partial charge in [0.2, 0.25) is 0 Å². The third-order valence-corrected chi connectivity index (χ3v) is 4.35. The topological polar surface area (TPSA) is 29.3 Å². The highest BCUT2D eigenvalue weighted by atomic mass is 15.1. The maximum atomic E-state index is 6.25. The van der Waals surface area contributed by atoms with Crippen LogP contribution in [0, 0.1) is 11.8 Å². The number of hydrogen-bond acceptors (Lipinski definition) is 2. The van der Waals surface area contributed by atoms with Gasteiger partial charge in [-0.2, -0.15) is 0 Å². The molecule has 0 saturated carbocycles. The van der Waals surface area contributed by atoms with E-state index in [4.69, 9.17) is 5.73 Å². The van der Waals surface area contributed by atoms with E-state index in [9.17, 15) is 0 Å². The molecular formula is C18H24N2. The quantitative estimate of drug-likeness (QED) is 0.837. The molecule has 0 aliphatic carbocycles. The van der Waals surface area contributed by atoms with E-state index < -0.39 is 0 Å². The SMILES string of the molecule is CC1CC(C)CN(Cc2cc3ccccc3cc2N)C1. The summed E-state index contributed by atoms with van der Waals surface area (Å²) in [5.74, 6) is 1.58. The predicted molar refractivity (Wildman–Crippen MR) is 86.6 cm³/mol. The molecule has 106 valence electrons. The van der Waals surface area contributed by atoms with Gasteiger partial charge in [0, 0.05) is 25.3 Å². The molecule has 2 aromatic rings. The van der Waals surface area contributed by atoms with Crippen LogP contribution in [0.4, 0.5) is 5.69 Å². The van der Waals surface area contributed by atoms with Crippen molar-refractivity contribution in [2.75, 3.05) is 18.8 Å². The summed E-state index contributed by atoms with van der Waals surface area (Å²) in [6.45, 7) is 8.07. The Morgan fingerprint density at radius 1 is 1.05 bits per heavy atom. The first kappa shape index (κ1) is 13.4. The molecule has 0 bridgehead atoms. The highest BCUT2D eigenvalue weighted by Gasteiger charge is 2.22. The van der Waals surface area contributed by atoms with Gasteiger partial charge >= 0.3 is 0 Å². The Morgan fingerprint density at radius 2 is 1.65 bits per heavy atom. The Balaban J connectivity index is 1.85. The summed E-state index contributed by atoms with van der Waals surface area (Å²) >= 11 is 0. The van der Waals surface area contributed by atoms with Crippen molar-refractivity contribution in [2.24, 2.45) is 11.8 Å². The number of likely N-dealkylation sites (tertiary alicyclic amines) is 1. The summed E-state index contributed by atoms with van der Waals surface area (Å²) < 4.78 is 0. The van der Waals surface area contributed by atoms with E-state index in [0.717, 1.165) is 24.1 Å². The van der Waals surface area contributed by atoms with Crippen LogP contribution in [0.5, 0.6) is 0 Å². The second-order valence-corrected chi connectivity index (χ2v) is 6.54. The summed E-state index contributed by atoms with van der Waals surface area (Å²) in [5, 5.41) is 2.52. The lowest BCUT2D eigenvalue weighted by Gasteiger charge is -2.35. The molecule has 2 nitrogen and oxygen atoms in total. The third kappa shape index (κ3) is 2.80. The van der Waals surface area contributed by atoms with Crippen LogP contribution in [0.2, 0.25) is 0 Å². The predicted octanol–water partition coefficient (Wildman–Crippen LogP) is 3.90. The average Bonchev–Trinajstić information content (AvgIpc) is 2.38. The number of benzene rings is 2. The molecule has 1 fully saturated rings. The van der Waals surface area contributed by atoms with E-state index in [-0.39, 0.29) is 0 Å². The first-order valence-electron chi connectivity index (χ1n) is 7.61. The van der Waals surface area contributed by atoms with Gasteiger partial charge in [-0.25, -0.2) is 0 Å². The first-order chi connectivity index (χ1) is 9.61. The molecule has 2 heteroatoms. The maximum absolute atomic E-state index is 6.25. The zero-order valence-electron chi connectivity index (χ0n) is 12.5. The van der Waals surface area contributed by atoms with Crippen LogP contribution in [0.3, 0.4) is 0 Å². The van der Waals surface area contributed by atoms with Crippen molar-refractivity contribution in [3.63, 3.8) is 0 Å². The van der Waals surface area contributed by atoms with Gasteiger partial charge in [-0.1, -0.05) is 38.1 Å². The summed E-state index contributed by atoms with van der Waals surface area (Å²) in [6, 6.07) is 12.8. The van der Waals surface area contributed by atoms with E-state index >= 15 is 0 Å². The Bertz CT molecular complexity index is 595. The first-order valence-corrected chi connectivity index (χ1v) is 7.61. The fraction of sp³-hybridized carbons (Fsp3) is 0.444. The minimum atomic E-state index is 0.792. The van der Waals surface area contributed by atoms with Gasteiger partial charge in [-0.3, -0.25) is 4.90 Å². The van der Waals surface area contributed by atoms with Crippen molar-refractivity contribution in [2.45, 2.75) is 26.8 Å². The van der Waals surface area contributed by atoms with Crippen molar-refractivity contribution in [1.82, 2.24) is 4.90 Å². The molecule has 0 radical (unpaired) electrons. The molecule has 0 amide bonds. The van der Waals surface area contributed by atoms with Crippen LogP contribution in [-0.2, 0) is 6.54 Å². The van der Waals surface area contributed by atoms with Crippen molar-refractivity contribution in [1.29, 1.82) is 0 Å². The molecular weight excluding hydrogens is 244 g/mol. The number of piperidine rings is 1. The van der Waals surface area contributed by atoms with Gasteiger partial charge in [0.05, 0.1) is 0 Å². The Hall–Kier alpha value is -1.54. The molecule has 2 aromatic carbocycles. The van der Waals surface area contributed by atoms with E-state index in [1.807, 2.05) is 0 Å². The molecule has 0 aromatic heterocycles. The number of nitrogens with two attached hydrogens (primary N) is 1. The fourth-order valence-electron chi connectivity index (χ4n) is 3.60. The molecule has 1 heterocycles. The van der Waals surface area contributed by atoms with Crippen molar-refractivity contribution >= 4 is 16.5 Å². The van der Waals surface area contributed by atoms with Crippen LogP contribution < -0.4 is 5.73 Å². The summed E-state index contributed by atoms with van der Waals surface area (Å²) in [5.41, 5.74) is 8.44. The molecule has 1 aliphatic heterocycles. The van der Waals surface area contributed by atoms with Gasteiger partial charge in [0.15, 0.2) is 0 Å². The molecule has 1 aliphatic rings. The van der Waals surface area contributed by atoms with Gasteiger partial charge < -0.3 is 5.73 Å². The van der Waals surface area contributed by atoms with Crippen LogP contribution in [-0.4, -0.2) is 18.0 Å². The van der Waals surface area contributed by atoms with E-state index in [2.05, 4.69) is 55.1 Å². The number of anilines is 1. The normalized spacial score (nSPS) is 24.1. The lowest BCUT2D eigenvalue weighted by Crippen LogP contribution is -2.38. The fourth-order valence-corrected chi connectivity index (χ4v) is 3.60. The lowest BCUT2D eigenvalue weighted by molar-refractivity contribution is 0.134. The molecule has 3 rings (SSSR count). The molecule has 2 atom stereocenters. The van der Waals surface area contributed by atoms with Crippen molar-refractivity contribution in [3.05, 3.63) is 42.0 Å². The number of nitrogen functional groups attached to an aromatic ring is 1. The highest BCUT2D eigenvalue weighted by molar-refractivity contribution is 5.86. The van der Waals surface area contributed by atoms with Gasteiger partial charge in [0.1, 0.15) is 0 Å². The van der Waals surface area contributed by atoms with Crippen LogP contribution in [0.25, 0.3) is 10.8 Å². The van der Waals surface area contributed by atoms with E-state index in [0.29, 0.717) is 0 Å². The monoisotopic (exact) mass is 268 g/mol. The van der Waals surface area contributed by atoms with E-state index in [1.165, 1.54) is 35.8 Å². The minimum Gasteiger partial charge on any atom is -0.398 e. The molecule has 1 saturated heterocycles. The largest absolute Gasteiger partial charge is 0.398 e. The summed E-state index contributed by atoms with van der Waals surface area (Å²) in [4.78, 5) is 2.55. The van der Waals surface area contributed by atoms with Gasteiger partial charge in [-0.15, -0.1) is 0 Å². The third-order valence-electron chi connectivity index (χ3n) is 4.35. The Kier molecular flexibility index (Phi) is 3.66. The molecule has 20 heavy (non-hydrogen) atoms. The smallest absolute Gasteiger partial charge is 0.0366 e. The second-order valence-electron chi connectivity index (χ2n) is 6.54. The van der Waals surface area contributed by atoms with Gasteiger partial charge in [-0.05, 0) is 46.7 Å². The molecule has 2 N–H and O–H groups in total. The van der Waals surface area contributed by atoms with Crippen LogP contribution in [0.15, 0.2) is 36.4 Å². The summed E-state index contributed by atoms with van der Waals surface area (Å²) in [7, 11) is 0. The number of fused-ring (bicyclic) bond motifs is 1.